The molecule has 0 radical (unpaired) electrons. The van der Waals surface area contributed by atoms with E-state index >= 15 is 0 Å². The van der Waals surface area contributed by atoms with E-state index in [4.69, 9.17) is 21.2 Å². The van der Waals surface area contributed by atoms with Crippen molar-refractivity contribution < 1.29 is 9.53 Å². The lowest BCUT2D eigenvalue weighted by Gasteiger charge is -2.28. The van der Waals surface area contributed by atoms with E-state index in [0.29, 0.717) is 6.42 Å². The van der Waals surface area contributed by atoms with E-state index in [0.717, 1.165) is 16.5 Å². The summed E-state index contributed by atoms with van der Waals surface area (Å²) in [6.45, 7) is 5.88. The first kappa shape index (κ1) is 16.3. The van der Waals surface area contributed by atoms with Crippen molar-refractivity contribution in [3.63, 3.8) is 0 Å². The molecule has 0 fully saturated rings. The fraction of sp³-hybridized carbons (Fsp3) is 0.500. The van der Waals surface area contributed by atoms with Gasteiger partial charge in [-0.05, 0) is 33.6 Å². The van der Waals surface area contributed by atoms with Gasteiger partial charge in [-0.15, -0.1) is 0 Å². The van der Waals surface area contributed by atoms with Crippen molar-refractivity contribution in [1.82, 2.24) is 0 Å². The van der Waals surface area contributed by atoms with Crippen LogP contribution in [-0.2, 0) is 16.0 Å². The van der Waals surface area contributed by atoms with Crippen molar-refractivity contribution in [1.29, 1.82) is 0 Å². The lowest BCUT2D eigenvalue weighted by atomic mass is 9.98. The molecule has 0 spiro atoms. The number of hydrogen-bond acceptors (Lipinski definition) is 4. The second kappa shape index (κ2) is 7.17. The van der Waals surface area contributed by atoms with Gasteiger partial charge in [0.05, 0.1) is 0 Å². The zero-order valence-electron chi connectivity index (χ0n) is 11.4. The SMILES string of the molecule is CC(C)(C)C(OC(=O)C(N)Cc1ccccc1)SCl. The summed E-state index contributed by atoms with van der Waals surface area (Å²) in [5, 5.41) is 0. The smallest absolute Gasteiger partial charge is 0.324 e. The lowest BCUT2D eigenvalue weighted by molar-refractivity contribution is -0.150. The van der Waals surface area contributed by atoms with Gasteiger partial charge in [0.1, 0.15) is 6.04 Å². The highest BCUT2D eigenvalue weighted by atomic mass is 35.7. The second-order valence-electron chi connectivity index (χ2n) is 5.52. The number of hydrogen-bond donors (Lipinski definition) is 1. The minimum absolute atomic E-state index is 0.228. The van der Waals surface area contributed by atoms with E-state index < -0.39 is 17.4 Å². The van der Waals surface area contributed by atoms with Crippen LogP contribution < -0.4 is 5.73 Å². The van der Waals surface area contributed by atoms with Gasteiger partial charge in [0.2, 0.25) is 0 Å². The number of nitrogens with two attached hydrogens (primary N) is 1. The summed E-state index contributed by atoms with van der Waals surface area (Å²) in [6.07, 6.45) is 0.462. The summed E-state index contributed by atoms with van der Waals surface area (Å²) in [6, 6.07) is 8.96. The zero-order valence-corrected chi connectivity index (χ0v) is 13.0. The third-order valence-electron chi connectivity index (χ3n) is 2.61. The number of halogens is 1. The molecule has 106 valence electrons. The number of carbonyl (C=O) groups excluding carboxylic acids is 1. The van der Waals surface area contributed by atoms with Crippen molar-refractivity contribution in [2.75, 3.05) is 0 Å². The normalized spacial score (nSPS) is 14.8. The van der Waals surface area contributed by atoms with Crippen LogP contribution in [0.5, 0.6) is 0 Å². The lowest BCUT2D eigenvalue weighted by Crippen LogP contribution is -2.38. The van der Waals surface area contributed by atoms with Crippen LogP contribution in [-0.4, -0.2) is 17.4 Å². The maximum atomic E-state index is 11.9. The van der Waals surface area contributed by atoms with Crippen molar-refractivity contribution in [2.24, 2.45) is 11.1 Å². The summed E-state index contributed by atoms with van der Waals surface area (Å²) in [7, 11) is 6.76. The zero-order chi connectivity index (χ0) is 14.5. The first-order valence-electron chi connectivity index (χ1n) is 6.12. The van der Waals surface area contributed by atoms with E-state index in [2.05, 4.69) is 0 Å². The molecule has 2 atom stereocenters. The Kier molecular flexibility index (Phi) is 6.17. The van der Waals surface area contributed by atoms with Crippen molar-refractivity contribution in [2.45, 2.75) is 38.7 Å². The third-order valence-corrected chi connectivity index (χ3v) is 4.06. The molecule has 0 aliphatic rings. The van der Waals surface area contributed by atoms with Crippen LogP contribution in [0, 0.1) is 5.41 Å². The van der Waals surface area contributed by atoms with Crippen LogP contribution in [0.2, 0.25) is 0 Å². The Balaban J connectivity index is 2.58. The summed E-state index contributed by atoms with van der Waals surface area (Å²) in [5.41, 5.74) is 6.24. The molecule has 1 rings (SSSR count). The topological polar surface area (TPSA) is 52.3 Å². The van der Waals surface area contributed by atoms with Crippen LogP contribution in [0.4, 0.5) is 0 Å². The van der Waals surface area contributed by atoms with E-state index in [9.17, 15) is 4.79 Å². The molecule has 0 saturated carbocycles. The maximum Gasteiger partial charge on any atom is 0.324 e. The molecular formula is C14H20ClNO2S. The van der Waals surface area contributed by atoms with Gasteiger partial charge >= 0.3 is 5.97 Å². The molecule has 0 bridgehead atoms. The van der Waals surface area contributed by atoms with Gasteiger partial charge < -0.3 is 10.5 Å². The van der Waals surface area contributed by atoms with Crippen LogP contribution in [0.25, 0.3) is 0 Å². The molecule has 2 N–H and O–H groups in total. The van der Waals surface area contributed by atoms with Crippen LogP contribution in [0.15, 0.2) is 30.3 Å². The molecule has 0 aliphatic heterocycles. The summed E-state index contributed by atoms with van der Waals surface area (Å²) in [5.74, 6) is -0.420. The molecule has 1 aromatic carbocycles. The number of carbonyl (C=O) groups is 1. The van der Waals surface area contributed by atoms with E-state index in [1.165, 1.54) is 0 Å². The number of ether oxygens (including phenoxy) is 1. The van der Waals surface area contributed by atoms with Gasteiger partial charge in [0.25, 0.3) is 0 Å². The highest BCUT2D eigenvalue weighted by molar-refractivity contribution is 8.21. The Bertz CT molecular complexity index is 406. The molecule has 2 unspecified atom stereocenters. The largest absolute Gasteiger partial charge is 0.448 e. The highest BCUT2D eigenvalue weighted by Crippen LogP contribution is 2.33. The number of rotatable bonds is 5. The minimum atomic E-state index is -0.670. The van der Waals surface area contributed by atoms with Crippen LogP contribution in [0.1, 0.15) is 26.3 Å². The van der Waals surface area contributed by atoms with Gasteiger partial charge in [0.15, 0.2) is 5.44 Å². The molecule has 0 saturated heterocycles. The quantitative estimate of drug-likeness (QED) is 0.669. The van der Waals surface area contributed by atoms with E-state index in [1.54, 1.807) is 0 Å². The predicted molar refractivity (Wildman–Crippen MR) is 80.9 cm³/mol. The Morgan fingerprint density at radius 3 is 2.42 bits per heavy atom. The molecule has 0 aliphatic carbocycles. The molecule has 5 heteroatoms. The maximum absolute atomic E-state index is 11.9. The van der Waals surface area contributed by atoms with Gasteiger partial charge in [-0.3, -0.25) is 4.79 Å². The molecule has 19 heavy (non-hydrogen) atoms. The fourth-order valence-corrected chi connectivity index (χ4v) is 2.78. The van der Waals surface area contributed by atoms with Crippen molar-refractivity contribution >= 4 is 27.6 Å². The van der Waals surface area contributed by atoms with E-state index in [1.807, 2.05) is 51.1 Å². The average molecular weight is 302 g/mol. The Morgan fingerprint density at radius 1 is 1.37 bits per heavy atom. The Morgan fingerprint density at radius 2 is 1.95 bits per heavy atom. The van der Waals surface area contributed by atoms with Gasteiger partial charge in [-0.25, -0.2) is 0 Å². The van der Waals surface area contributed by atoms with Crippen LogP contribution in [0.3, 0.4) is 0 Å². The van der Waals surface area contributed by atoms with Crippen molar-refractivity contribution in [3.05, 3.63) is 35.9 Å². The number of esters is 1. The molecule has 3 nitrogen and oxygen atoms in total. The minimum Gasteiger partial charge on any atom is -0.448 e. The summed E-state index contributed by atoms with van der Waals surface area (Å²) in [4.78, 5) is 11.9. The first-order valence-corrected chi connectivity index (χ1v) is 7.82. The second-order valence-corrected chi connectivity index (χ2v) is 6.66. The average Bonchev–Trinajstić information content (AvgIpc) is 2.35. The Hall–Kier alpha value is -0.710. The summed E-state index contributed by atoms with van der Waals surface area (Å²) >= 11 is 0. The van der Waals surface area contributed by atoms with Gasteiger partial charge in [-0.1, -0.05) is 51.1 Å². The van der Waals surface area contributed by atoms with Crippen LogP contribution >= 0.6 is 21.7 Å². The highest BCUT2D eigenvalue weighted by Gasteiger charge is 2.30. The fourth-order valence-electron chi connectivity index (χ4n) is 1.47. The number of benzene rings is 1. The van der Waals surface area contributed by atoms with Crippen molar-refractivity contribution in [3.8, 4) is 0 Å². The third kappa shape index (κ3) is 5.43. The molecule has 1 aromatic rings. The van der Waals surface area contributed by atoms with Gasteiger partial charge in [0, 0.05) is 5.41 Å². The first-order chi connectivity index (χ1) is 8.84. The summed E-state index contributed by atoms with van der Waals surface area (Å²) < 4.78 is 5.37. The Labute approximate surface area is 123 Å². The molecule has 0 aromatic heterocycles. The molecule has 0 amide bonds. The molecular weight excluding hydrogens is 282 g/mol. The predicted octanol–water partition coefficient (Wildman–Crippen LogP) is 3.36. The van der Waals surface area contributed by atoms with Gasteiger partial charge in [-0.2, -0.15) is 0 Å². The molecule has 0 heterocycles. The monoisotopic (exact) mass is 301 g/mol. The van der Waals surface area contributed by atoms with E-state index in [-0.39, 0.29) is 5.41 Å². The standard InChI is InChI=1S/C14H20ClNO2S/c1-14(2,3)13(19-15)18-12(17)11(16)9-10-7-5-4-6-8-10/h4-8,11,13H,9,16H2,1-3H3.